The summed E-state index contributed by atoms with van der Waals surface area (Å²) in [5, 5.41) is 0. The Kier molecular flexibility index (Phi) is 3.86. The monoisotopic (exact) mass is 194 g/mol. The van der Waals surface area contributed by atoms with E-state index in [0.717, 1.165) is 12.2 Å². The van der Waals surface area contributed by atoms with Gasteiger partial charge in [0.25, 0.3) is 0 Å². The number of nitrogens with zero attached hydrogens (tertiary/aromatic N) is 2. The van der Waals surface area contributed by atoms with Crippen molar-refractivity contribution in [2.45, 2.75) is 33.1 Å². The minimum absolute atomic E-state index is 0.336. The van der Waals surface area contributed by atoms with Gasteiger partial charge in [-0.3, -0.25) is 4.79 Å². The van der Waals surface area contributed by atoms with Gasteiger partial charge in [-0.15, -0.1) is 0 Å². The summed E-state index contributed by atoms with van der Waals surface area (Å²) in [7, 11) is 1.95. The number of imidazole rings is 1. The molecule has 1 rings (SSSR count). The van der Waals surface area contributed by atoms with E-state index in [0.29, 0.717) is 24.5 Å². The van der Waals surface area contributed by atoms with Crippen LogP contribution in [0.25, 0.3) is 0 Å². The highest BCUT2D eigenvalue weighted by Crippen LogP contribution is 2.06. The number of aryl methyl sites for hydroxylation is 2. The molecule has 0 atom stereocenters. The second-order valence-electron chi connectivity index (χ2n) is 4.09. The number of hydrogen-bond acceptors (Lipinski definition) is 2. The fourth-order valence-corrected chi connectivity index (χ4v) is 1.45. The maximum Gasteiger partial charge on any atom is 0.133 e. The Morgan fingerprint density at radius 3 is 2.79 bits per heavy atom. The molecule has 0 aliphatic rings. The molecule has 1 heterocycles. The maximum atomic E-state index is 11.4. The maximum absolute atomic E-state index is 11.4. The Labute approximate surface area is 85.2 Å². The topological polar surface area (TPSA) is 34.9 Å². The largest absolute Gasteiger partial charge is 0.338 e. The number of aromatic nitrogens is 2. The zero-order chi connectivity index (χ0) is 10.6. The molecule has 0 saturated heterocycles. The summed E-state index contributed by atoms with van der Waals surface area (Å²) in [6, 6.07) is 0. The smallest absolute Gasteiger partial charge is 0.133 e. The lowest BCUT2D eigenvalue weighted by Gasteiger charge is -2.03. The normalized spacial score (nSPS) is 10.9. The van der Waals surface area contributed by atoms with Crippen LogP contribution in [-0.2, 0) is 18.3 Å². The zero-order valence-corrected chi connectivity index (χ0v) is 9.16. The van der Waals surface area contributed by atoms with Crippen molar-refractivity contribution < 1.29 is 4.79 Å². The van der Waals surface area contributed by atoms with Crippen LogP contribution in [0.2, 0.25) is 0 Å². The molecule has 3 nitrogen and oxygen atoms in total. The summed E-state index contributed by atoms with van der Waals surface area (Å²) < 4.78 is 1.96. The van der Waals surface area contributed by atoms with Crippen molar-refractivity contribution in [3.63, 3.8) is 0 Å². The van der Waals surface area contributed by atoms with Crippen molar-refractivity contribution in [1.82, 2.24) is 9.55 Å². The van der Waals surface area contributed by atoms with E-state index in [-0.39, 0.29) is 0 Å². The summed E-state index contributed by atoms with van der Waals surface area (Å²) >= 11 is 0. The van der Waals surface area contributed by atoms with E-state index in [2.05, 4.69) is 18.8 Å². The quantitative estimate of drug-likeness (QED) is 0.718. The predicted octanol–water partition coefficient (Wildman–Crippen LogP) is 1.97. The number of carbonyl (C=O) groups is 1. The van der Waals surface area contributed by atoms with Gasteiger partial charge < -0.3 is 4.57 Å². The zero-order valence-electron chi connectivity index (χ0n) is 9.16. The molecule has 1 aromatic rings. The van der Waals surface area contributed by atoms with Gasteiger partial charge in [0.15, 0.2) is 0 Å². The molecule has 0 spiro atoms. The Morgan fingerprint density at radius 2 is 2.29 bits per heavy atom. The molecule has 3 heteroatoms. The second kappa shape index (κ2) is 4.94. The van der Waals surface area contributed by atoms with Crippen LogP contribution in [0.1, 0.15) is 32.5 Å². The van der Waals surface area contributed by atoms with Crippen LogP contribution in [0.15, 0.2) is 12.4 Å². The van der Waals surface area contributed by atoms with Crippen molar-refractivity contribution in [3.05, 3.63) is 18.2 Å². The van der Waals surface area contributed by atoms with Gasteiger partial charge in [0.05, 0.1) is 0 Å². The van der Waals surface area contributed by atoms with Crippen molar-refractivity contribution in [2.75, 3.05) is 0 Å². The Bertz CT molecular complexity index is 302. The molecule has 1 aromatic heterocycles. The Morgan fingerprint density at radius 1 is 1.57 bits per heavy atom. The Balaban J connectivity index is 2.34. The molecule has 0 aliphatic heterocycles. The van der Waals surface area contributed by atoms with Crippen LogP contribution in [0.5, 0.6) is 0 Å². The lowest BCUT2D eigenvalue weighted by molar-refractivity contribution is -0.119. The first-order valence-electron chi connectivity index (χ1n) is 5.07. The number of rotatable bonds is 5. The molecular weight excluding hydrogens is 176 g/mol. The van der Waals surface area contributed by atoms with Gasteiger partial charge in [0.2, 0.25) is 0 Å². The third-order valence-corrected chi connectivity index (χ3v) is 2.18. The molecule has 0 bridgehead atoms. The molecule has 0 aromatic carbocycles. The molecule has 14 heavy (non-hydrogen) atoms. The number of ketones is 1. The van der Waals surface area contributed by atoms with Gasteiger partial charge in [-0.05, 0) is 5.92 Å². The molecule has 0 aliphatic carbocycles. The highest BCUT2D eigenvalue weighted by atomic mass is 16.1. The van der Waals surface area contributed by atoms with Gasteiger partial charge in [0, 0.05) is 38.7 Å². The summed E-state index contributed by atoms with van der Waals surface area (Å²) in [6.07, 6.45) is 5.73. The fourth-order valence-electron chi connectivity index (χ4n) is 1.45. The van der Waals surface area contributed by atoms with E-state index in [4.69, 9.17) is 0 Å². The van der Waals surface area contributed by atoms with E-state index < -0.39 is 0 Å². The van der Waals surface area contributed by atoms with Crippen LogP contribution in [0.3, 0.4) is 0 Å². The van der Waals surface area contributed by atoms with Crippen LogP contribution >= 0.6 is 0 Å². The third-order valence-electron chi connectivity index (χ3n) is 2.18. The van der Waals surface area contributed by atoms with Crippen molar-refractivity contribution in [3.8, 4) is 0 Å². The van der Waals surface area contributed by atoms with Crippen LogP contribution < -0.4 is 0 Å². The van der Waals surface area contributed by atoms with E-state index in [1.54, 1.807) is 6.20 Å². The molecule has 0 N–H and O–H groups in total. The average molecular weight is 194 g/mol. The van der Waals surface area contributed by atoms with Crippen LogP contribution in [0, 0.1) is 5.92 Å². The molecule has 0 fully saturated rings. The summed E-state index contributed by atoms with van der Waals surface area (Å²) in [4.78, 5) is 15.6. The summed E-state index contributed by atoms with van der Waals surface area (Å²) in [5.41, 5.74) is 0. The Hall–Kier alpha value is -1.12. The lowest BCUT2D eigenvalue weighted by Crippen LogP contribution is -2.06. The van der Waals surface area contributed by atoms with Crippen molar-refractivity contribution in [2.24, 2.45) is 13.0 Å². The fraction of sp³-hybridized carbons (Fsp3) is 0.636. The van der Waals surface area contributed by atoms with E-state index in [1.807, 2.05) is 17.8 Å². The molecule has 78 valence electrons. The number of carbonyl (C=O) groups excluding carboxylic acids is 1. The summed E-state index contributed by atoms with van der Waals surface area (Å²) in [5.74, 6) is 1.79. The van der Waals surface area contributed by atoms with Crippen molar-refractivity contribution in [1.29, 1.82) is 0 Å². The first-order valence-corrected chi connectivity index (χ1v) is 5.07. The van der Waals surface area contributed by atoms with Gasteiger partial charge in [-0.25, -0.2) is 4.98 Å². The minimum atomic E-state index is 0.336. The highest BCUT2D eigenvalue weighted by Gasteiger charge is 2.07. The van der Waals surface area contributed by atoms with Crippen LogP contribution in [0.4, 0.5) is 0 Å². The van der Waals surface area contributed by atoms with Gasteiger partial charge in [0.1, 0.15) is 11.6 Å². The first kappa shape index (κ1) is 11.0. The first-order chi connectivity index (χ1) is 6.59. The molecule has 0 radical (unpaired) electrons. The second-order valence-corrected chi connectivity index (χ2v) is 4.09. The molecule has 0 saturated carbocycles. The van der Waals surface area contributed by atoms with Crippen molar-refractivity contribution >= 4 is 5.78 Å². The highest BCUT2D eigenvalue weighted by molar-refractivity contribution is 5.78. The standard InChI is InChI=1S/C11H18N2O/c1-9(2)8-10(14)4-5-11-12-6-7-13(11)3/h6-7,9H,4-5,8H2,1-3H3. The van der Waals surface area contributed by atoms with Gasteiger partial charge >= 0.3 is 0 Å². The average Bonchev–Trinajstić information content (AvgIpc) is 2.46. The van der Waals surface area contributed by atoms with Crippen LogP contribution in [-0.4, -0.2) is 15.3 Å². The number of hydrogen-bond donors (Lipinski definition) is 0. The van der Waals surface area contributed by atoms with Gasteiger partial charge in [-0.1, -0.05) is 13.8 Å². The minimum Gasteiger partial charge on any atom is -0.338 e. The molecule has 0 unspecified atom stereocenters. The lowest BCUT2D eigenvalue weighted by atomic mass is 10.0. The van der Waals surface area contributed by atoms with E-state index in [1.165, 1.54) is 0 Å². The van der Waals surface area contributed by atoms with E-state index in [9.17, 15) is 4.79 Å². The predicted molar refractivity (Wildman–Crippen MR) is 56.0 cm³/mol. The molecular formula is C11H18N2O. The third kappa shape index (κ3) is 3.32. The SMILES string of the molecule is CC(C)CC(=O)CCc1nccn1C. The molecule has 0 amide bonds. The van der Waals surface area contributed by atoms with Gasteiger partial charge in [-0.2, -0.15) is 0 Å². The van der Waals surface area contributed by atoms with E-state index >= 15 is 0 Å². The number of Topliss-reactive ketones (excluding diaryl/α,β-unsaturated/α-hetero) is 1. The summed E-state index contributed by atoms with van der Waals surface area (Å²) in [6.45, 7) is 4.14.